The lowest BCUT2D eigenvalue weighted by molar-refractivity contribution is 0.0696. The highest BCUT2D eigenvalue weighted by Gasteiger charge is 2.25. The van der Waals surface area contributed by atoms with E-state index in [1.165, 1.54) is 12.1 Å². The largest absolute Gasteiger partial charge is 0.486 e. The molecule has 1 amide bonds. The van der Waals surface area contributed by atoms with Gasteiger partial charge in [0.25, 0.3) is 5.91 Å². The first-order chi connectivity index (χ1) is 16.9. The maximum atomic E-state index is 13.5. The average molecular weight is 492 g/mol. The summed E-state index contributed by atoms with van der Waals surface area (Å²) in [6.45, 7) is 3.09. The number of nitrogens with zero attached hydrogens (tertiary/aromatic N) is 2. The molecule has 0 fully saturated rings. The zero-order chi connectivity index (χ0) is 24.5. The summed E-state index contributed by atoms with van der Waals surface area (Å²) in [4.78, 5) is 24.6. The number of halogens is 1. The van der Waals surface area contributed by atoms with E-state index in [0.29, 0.717) is 52.7 Å². The number of ether oxygens (including phenoxy) is 2. The molecule has 2 N–H and O–H groups in total. The number of nitrogens with one attached hydrogen (secondary N) is 1. The average Bonchev–Trinajstić information content (AvgIpc) is 3.28. The van der Waals surface area contributed by atoms with Crippen LogP contribution in [0.2, 0.25) is 5.02 Å². The van der Waals surface area contributed by atoms with Crippen molar-refractivity contribution in [2.45, 2.75) is 19.5 Å². The van der Waals surface area contributed by atoms with Gasteiger partial charge in [0.1, 0.15) is 13.2 Å². The predicted molar refractivity (Wildman–Crippen MR) is 131 cm³/mol. The molecule has 0 saturated heterocycles. The third kappa shape index (κ3) is 4.52. The van der Waals surface area contributed by atoms with Gasteiger partial charge in [-0.25, -0.2) is 4.79 Å². The molecule has 3 aromatic carbocycles. The zero-order valence-electron chi connectivity index (χ0n) is 18.8. The van der Waals surface area contributed by atoms with E-state index in [0.717, 1.165) is 11.1 Å². The number of carbonyl (C=O) groups excluding carboxylic acids is 1. The molecule has 9 heteroatoms. The van der Waals surface area contributed by atoms with E-state index in [9.17, 15) is 9.59 Å². The minimum Gasteiger partial charge on any atom is -0.486 e. The Kier molecular flexibility index (Phi) is 6.05. The number of fused-ring (bicyclic) bond motifs is 3. The van der Waals surface area contributed by atoms with Gasteiger partial charge >= 0.3 is 5.97 Å². The fourth-order valence-corrected chi connectivity index (χ4v) is 4.24. The summed E-state index contributed by atoms with van der Waals surface area (Å²) < 4.78 is 13.4. The second kappa shape index (κ2) is 9.31. The Bertz CT molecular complexity index is 1410. The van der Waals surface area contributed by atoms with E-state index in [4.69, 9.17) is 26.2 Å². The quantitative estimate of drug-likeness (QED) is 0.405. The van der Waals surface area contributed by atoms with Crippen molar-refractivity contribution in [1.29, 1.82) is 0 Å². The van der Waals surface area contributed by atoms with E-state index in [2.05, 4.69) is 10.4 Å². The lowest BCUT2D eigenvalue weighted by Gasteiger charge is -2.21. The molecule has 1 aliphatic heterocycles. The monoisotopic (exact) mass is 491 g/mol. The zero-order valence-corrected chi connectivity index (χ0v) is 19.6. The molecule has 2 heterocycles. The Labute approximate surface area is 206 Å². The molecule has 0 saturated carbocycles. The van der Waals surface area contributed by atoms with Crippen molar-refractivity contribution >= 4 is 34.4 Å². The molecule has 0 spiro atoms. The second-order valence-corrected chi connectivity index (χ2v) is 8.70. The number of aromatic carboxylic acids is 1. The first-order valence-electron chi connectivity index (χ1n) is 11.1. The van der Waals surface area contributed by atoms with Crippen LogP contribution in [0.25, 0.3) is 10.9 Å². The van der Waals surface area contributed by atoms with Crippen molar-refractivity contribution in [3.05, 3.63) is 88.1 Å². The first kappa shape index (κ1) is 22.7. The maximum Gasteiger partial charge on any atom is 0.335 e. The number of carboxylic acids is 1. The summed E-state index contributed by atoms with van der Waals surface area (Å²) in [5, 5.41) is 18.0. The van der Waals surface area contributed by atoms with Gasteiger partial charge in [-0.2, -0.15) is 5.10 Å². The minimum atomic E-state index is -0.999. The van der Waals surface area contributed by atoms with Gasteiger partial charge in [0.05, 0.1) is 40.8 Å². The molecular weight excluding hydrogens is 470 g/mol. The Morgan fingerprint density at radius 3 is 2.54 bits per heavy atom. The summed E-state index contributed by atoms with van der Waals surface area (Å²) in [5.41, 5.74) is 2.99. The van der Waals surface area contributed by atoms with Crippen LogP contribution >= 0.6 is 11.6 Å². The van der Waals surface area contributed by atoms with Crippen LogP contribution in [-0.2, 0) is 6.54 Å². The van der Waals surface area contributed by atoms with Crippen LogP contribution in [0, 0.1) is 0 Å². The van der Waals surface area contributed by atoms with E-state index >= 15 is 0 Å². The molecule has 35 heavy (non-hydrogen) atoms. The highest BCUT2D eigenvalue weighted by Crippen LogP contribution is 2.40. The van der Waals surface area contributed by atoms with Crippen LogP contribution in [0.3, 0.4) is 0 Å². The number of carbonyl (C=O) groups is 2. The Morgan fingerprint density at radius 1 is 1.11 bits per heavy atom. The SMILES string of the molecule is C[C@H](NC(=O)c1cc2c(c3cnn(Cc4ccc(Cl)cc4)c13)OCCO2)c1ccc(C(=O)O)cc1. The standard InChI is InChI=1S/C26H22ClN3O5/c1-15(17-4-6-18(7-5-17)26(32)33)29-25(31)20-12-22-24(35-11-10-34-22)21-13-28-30(23(20)21)14-16-2-8-19(27)9-3-16/h2-9,12-13,15H,10-11,14H2,1H3,(H,29,31)(H,32,33)/t15-/m0/s1. The van der Waals surface area contributed by atoms with Crippen LogP contribution in [0.5, 0.6) is 11.5 Å². The van der Waals surface area contributed by atoms with E-state index in [-0.39, 0.29) is 17.5 Å². The summed E-state index contributed by atoms with van der Waals surface area (Å²) in [6.07, 6.45) is 1.68. The molecule has 0 radical (unpaired) electrons. The molecule has 178 valence electrons. The first-order valence-corrected chi connectivity index (χ1v) is 11.4. The molecule has 1 atom stereocenters. The fourth-order valence-electron chi connectivity index (χ4n) is 4.11. The highest BCUT2D eigenvalue weighted by molar-refractivity contribution is 6.30. The molecule has 8 nitrogen and oxygen atoms in total. The third-order valence-electron chi connectivity index (χ3n) is 5.92. The second-order valence-electron chi connectivity index (χ2n) is 8.26. The van der Waals surface area contributed by atoms with Crippen LogP contribution in [-0.4, -0.2) is 40.0 Å². The van der Waals surface area contributed by atoms with Crippen LogP contribution in [0.4, 0.5) is 0 Å². The minimum absolute atomic E-state index is 0.187. The molecule has 5 rings (SSSR count). The van der Waals surface area contributed by atoms with E-state index in [1.807, 2.05) is 31.2 Å². The fraction of sp³-hybridized carbons (Fsp3) is 0.192. The van der Waals surface area contributed by atoms with Crippen molar-refractivity contribution in [1.82, 2.24) is 15.1 Å². The van der Waals surface area contributed by atoms with Gasteiger partial charge in [0.15, 0.2) is 11.5 Å². The summed E-state index contributed by atoms with van der Waals surface area (Å²) in [7, 11) is 0. The van der Waals surface area contributed by atoms with Crippen LogP contribution in [0.15, 0.2) is 60.8 Å². The lowest BCUT2D eigenvalue weighted by atomic mass is 10.0. The molecule has 0 bridgehead atoms. The van der Waals surface area contributed by atoms with E-state index < -0.39 is 5.97 Å². The number of carboxylic acid groups (broad SMARTS) is 1. The van der Waals surface area contributed by atoms with Gasteiger partial charge in [-0.05, 0) is 48.4 Å². The molecule has 1 aliphatic rings. The van der Waals surface area contributed by atoms with Gasteiger partial charge in [-0.1, -0.05) is 35.9 Å². The number of amides is 1. The van der Waals surface area contributed by atoms with Crippen molar-refractivity contribution in [2.24, 2.45) is 0 Å². The van der Waals surface area contributed by atoms with Crippen molar-refractivity contribution in [3.63, 3.8) is 0 Å². The summed E-state index contributed by atoms with van der Waals surface area (Å²) in [5.74, 6) is -0.235. The Morgan fingerprint density at radius 2 is 1.83 bits per heavy atom. The van der Waals surface area contributed by atoms with Gasteiger partial charge in [-0.15, -0.1) is 0 Å². The van der Waals surface area contributed by atoms with Gasteiger partial charge < -0.3 is 19.9 Å². The maximum absolute atomic E-state index is 13.5. The number of rotatable bonds is 6. The highest BCUT2D eigenvalue weighted by atomic mass is 35.5. The lowest BCUT2D eigenvalue weighted by Crippen LogP contribution is -2.28. The Balaban J connectivity index is 1.51. The van der Waals surface area contributed by atoms with Crippen molar-refractivity contribution < 1.29 is 24.2 Å². The van der Waals surface area contributed by atoms with Gasteiger partial charge in [0, 0.05) is 5.02 Å². The normalized spacial score (nSPS) is 13.4. The predicted octanol–water partition coefficient (Wildman–Crippen LogP) is 4.70. The van der Waals surface area contributed by atoms with Crippen LogP contribution in [0.1, 0.15) is 44.8 Å². The number of hydrogen-bond donors (Lipinski definition) is 2. The molecule has 0 unspecified atom stereocenters. The number of aromatic nitrogens is 2. The number of hydrogen-bond acceptors (Lipinski definition) is 5. The van der Waals surface area contributed by atoms with E-state index in [1.54, 1.807) is 29.1 Å². The van der Waals surface area contributed by atoms with Gasteiger partial charge in [-0.3, -0.25) is 9.48 Å². The van der Waals surface area contributed by atoms with Crippen molar-refractivity contribution in [3.8, 4) is 11.5 Å². The molecule has 1 aromatic heterocycles. The Hall–Kier alpha value is -4.04. The summed E-state index contributed by atoms with van der Waals surface area (Å²) in [6, 6.07) is 15.2. The van der Waals surface area contributed by atoms with Crippen LogP contribution < -0.4 is 14.8 Å². The molecule has 4 aromatic rings. The topological polar surface area (TPSA) is 103 Å². The summed E-state index contributed by atoms with van der Waals surface area (Å²) >= 11 is 6.02. The van der Waals surface area contributed by atoms with Crippen molar-refractivity contribution in [2.75, 3.05) is 13.2 Å². The number of benzene rings is 3. The third-order valence-corrected chi connectivity index (χ3v) is 6.17. The molecule has 0 aliphatic carbocycles. The molecular formula is C26H22ClN3O5. The van der Waals surface area contributed by atoms with Gasteiger partial charge in [0.2, 0.25) is 0 Å². The smallest absolute Gasteiger partial charge is 0.335 e.